The van der Waals surface area contributed by atoms with Gasteiger partial charge in [0, 0.05) is 24.2 Å². The minimum Gasteiger partial charge on any atom is -0.507 e. The molecule has 3 N–H and O–H groups in total. The van der Waals surface area contributed by atoms with Crippen molar-refractivity contribution in [3.8, 4) is 11.5 Å². The molecule has 0 amide bonds. The van der Waals surface area contributed by atoms with Crippen LogP contribution in [-0.2, 0) is 23.9 Å². The molecule has 0 fully saturated rings. The van der Waals surface area contributed by atoms with E-state index in [1.54, 1.807) is 0 Å². The standard InChI is InChI=1S/C24H35NO2/c1-15-9-17(21(26)19(11-15)23(3,4)5)13-25-14-18-10-16(2)12-20(22(18)27)24(6,7)8/h9-12,25-27H,13-14H2,1-8H3. The number of phenols is 2. The summed E-state index contributed by atoms with van der Waals surface area (Å²) in [6, 6.07) is 8.16. The molecule has 148 valence electrons. The van der Waals surface area contributed by atoms with Gasteiger partial charge in [-0.2, -0.15) is 0 Å². The number of nitrogens with one attached hydrogen (secondary N) is 1. The summed E-state index contributed by atoms with van der Waals surface area (Å²) in [6.07, 6.45) is 0. The zero-order chi connectivity index (χ0) is 20.6. The maximum atomic E-state index is 10.7. The van der Waals surface area contributed by atoms with Crippen molar-refractivity contribution in [2.75, 3.05) is 0 Å². The van der Waals surface area contributed by atoms with Gasteiger partial charge in [0.05, 0.1) is 0 Å². The van der Waals surface area contributed by atoms with Crippen molar-refractivity contribution >= 4 is 0 Å². The lowest BCUT2D eigenvalue weighted by molar-refractivity contribution is 0.432. The first-order valence-corrected chi connectivity index (χ1v) is 9.67. The van der Waals surface area contributed by atoms with Crippen LogP contribution in [0.4, 0.5) is 0 Å². The third kappa shape index (κ3) is 5.04. The number of rotatable bonds is 4. The van der Waals surface area contributed by atoms with Crippen molar-refractivity contribution in [1.82, 2.24) is 5.32 Å². The second-order valence-corrected chi connectivity index (χ2v) is 9.74. The summed E-state index contributed by atoms with van der Waals surface area (Å²) < 4.78 is 0. The highest BCUT2D eigenvalue weighted by atomic mass is 16.3. The zero-order valence-corrected chi connectivity index (χ0v) is 18.1. The van der Waals surface area contributed by atoms with Gasteiger partial charge in [-0.25, -0.2) is 0 Å². The van der Waals surface area contributed by atoms with Crippen molar-refractivity contribution in [2.45, 2.75) is 79.3 Å². The third-order valence-corrected chi connectivity index (χ3v) is 4.91. The van der Waals surface area contributed by atoms with Gasteiger partial charge in [-0.15, -0.1) is 0 Å². The summed E-state index contributed by atoms with van der Waals surface area (Å²) in [5.74, 6) is 0.730. The Bertz CT molecular complexity index is 754. The second-order valence-electron chi connectivity index (χ2n) is 9.74. The van der Waals surface area contributed by atoms with E-state index in [1.165, 1.54) is 0 Å². The second kappa shape index (κ2) is 7.55. The van der Waals surface area contributed by atoms with Crippen LogP contribution in [0, 0.1) is 13.8 Å². The molecule has 2 aromatic carbocycles. The van der Waals surface area contributed by atoms with E-state index >= 15 is 0 Å². The normalized spacial score (nSPS) is 12.4. The van der Waals surface area contributed by atoms with E-state index in [-0.39, 0.29) is 10.8 Å². The van der Waals surface area contributed by atoms with E-state index in [4.69, 9.17) is 0 Å². The van der Waals surface area contributed by atoms with Crippen molar-refractivity contribution in [2.24, 2.45) is 0 Å². The van der Waals surface area contributed by atoms with Crippen molar-refractivity contribution in [3.63, 3.8) is 0 Å². The van der Waals surface area contributed by atoms with E-state index in [0.717, 1.165) is 33.4 Å². The Labute approximate surface area is 164 Å². The van der Waals surface area contributed by atoms with Gasteiger partial charge < -0.3 is 15.5 Å². The number of aromatic hydroxyl groups is 2. The highest BCUT2D eigenvalue weighted by molar-refractivity contribution is 5.48. The van der Waals surface area contributed by atoms with Crippen molar-refractivity contribution < 1.29 is 10.2 Å². The van der Waals surface area contributed by atoms with Crippen molar-refractivity contribution in [1.29, 1.82) is 0 Å². The molecular weight excluding hydrogens is 334 g/mol. The van der Waals surface area contributed by atoms with Crippen molar-refractivity contribution in [3.05, 3.63) is 57.6 Å². The number of benzene rings is 2. The number of hydrogen-bond donors (Lipinski definition) is 3. The van der Waals surface area contributed by atoms with Crippen LogP contribution in [0.3, 0.4) is 0 Å². The molecule has 0 unspecified atom stereocenters. The lowest BCUT2D eigenvalue weighted by Gasteiger charge is -2.24. The first-order valence-electron chi connectivity index (χ1n) is 9.67. The van der Waals surface area contributed by atoms with Gasteiger partial charge >= 0.3 is 0 Å². The Morgan fingerprint density at radius 2 is 1.00 bits per heavy atom. The first kappa shape index (κ1) is 21.3. The molecule has 0 spiro atoms. The molecule has 0 saturated heterocycles. The average Bonchev–Trinajstić information content (AvgIpc) is 2.51. The Balaban J connectivity index is 2.23. The highest BCUT2D eigenvalue weighted by Gasteiger charge is 2.22. The van der Waals surface area contributed by atoms with E-state index < -0.39 is 0 Å². The Hall–Kier alpha value is -2.00. The van der Waals surface area contributed by atoms with Crippen LogP contribution in [0.2, 0.25) is 0 Å². The predicted octanol–water partition coefficient (Wildman–Crippen LogP) is 5.60. The molecule has 0 aromatic heterocycles. The lowest BCUT2D eigenvalue weighted by Crippen LogP contribution is -2.18. The van der Waals surface area contributed by atoms with Gasteiger partial charge in [-0.1, -0.05) is 76.9 Å². The van der Waals surface area contributed by atoms with Crippen LogP contribution < -0.4 is 5.32 Å². The molecule has 0 aliphatic heterocycles. The molecule has 0 aliphatic rings. The fourth-order valence-corrected chi connectivity index (χ4v) is 3.45. The van der Waals surface area contributed by atoms with Crippen LogP contribution >= 0.6 is 0 Å². The Morgan fingerprint density at radius 3 is 1.30 bits per heavy atom. The molecule has 3 nitrogen and oxygen atoms in total. The van der Waals surface area contributed by atoms with Crippen LogP contribution in [0.1, 0.15) is 74.9 Å². The molecule has 0 bridgehead atoms. The summed E-state index contributed by atoms with van der Waals surface area (Å²) in [4.78, 5) is 0. The summed E-state index contributed by atoms with van der Waals surface area (Å²) in [5, 5.41) is 24.8. The fraction of sp³-hybridized carbons (Fsp3) is 0.500. The molecule has 0 aliphatic carbocycles. The topological polar surface area (TPSA) is 52.5 Å². The average molecular weight is 370 g/mol. The monoisotopic (exact) mass is 369 g/mol. The molecule has 0 heterocycles. The molecule has 0 saturated carbocycles. The molecular formula is C24H35NO2. The van der Waals surface area contributed by atoms with E-state index in [9.17, 15) is 10.2 Å². The summed E-state index contributed by atoms with van der Waals surface area (Å²) >= 11 is 0. The third-order valence-electron chi connectivity index (χ3n) is 4.91. The van der Waals surface area contributed by atoms with Crippen LogP contribution in [0.25, 0.3) is 0 Å². The quantitative estimate of drug-likeness (QED) is 0.657. The van der Waals surface area contributed by atoms with Crippen LogP contribution in [-0.4, -0.2) is 10.2 Å². The SMILES string of the molecule is Cc1cc(CNCc2cc(C)cc(C(C)(C)C)c2O)c(O)c(C(C)(C)C)c1. The molecule has 2 aromatic rings. The molecule has 3 heteroatoms. The first-order chi connectivity index (χ1) is 12.3. The molecule has 0 radical (unpaired) electrons. The van der Waals surface area contributed by atoms with Crippen LogP contribution in [0.5, 0.6) is 11.5 Å². The summed E-state index contributed by atoms with van der Waals surface area (Å²) in [5.41, 5.74) is 5.78. The Morgan fingerprint density at radius 1 is 0.667 bits per heavy atom. The van der Waals surface area contributed by atoms with Gasteiger partial charge in [0.2, 0.25) is 0 Å². The molecule has 27 heavy (non-hydrogen) atoms. The number of hydrogen-bond acceptors (Lipinski definition) is 3. The largest absolute Gasteiger partial charge is 0.507 e. The summed E-state index contributed by atoms with van der Waals surface area (Å²) in [7, 11) is 0. The van der Waals surface area contributed by atoms with Crippen LogP contribution in [0.15, 0.2) is 24.3 Å². The highest BCUT2D eigenvalue weighted by Crippen LogP contribution is 2.36. The number of phenolic OH excluding ortho intramolecular Hbond substituents is 2. The maximum Gasteiger partial charge on any atom is 0.123 e. The van der Waals surface area contributed by atoms with E-state index in [1.807, 2.05) is 12.1 Å². The van der Waals surface area contributed by atoms with E-state index in [2.05, 4.69) is 72.8 Å². The minimum absolute atomic E-state index is 0.110. The predicted molar refractivity (Wildman–Crippen MR) is 114 cm³/mol. The Kier molecular flexibility index (Phi) is 5.96. The zero-order valence-electron chi connectivity index (χ0n) is 18.1. The molecule has 2 rings (SSSR count). The summed E-state index contributed by atoms with van der Waals surface area (Å²) in [6.45, 7) is 17.9. The number of aryl methyl sites for hydroxylation is 2. The minimum atomic E-state index is -0.110. The smallest absolute Gasteiger partial charge is 0.123 e. The molecule has 0 atom stereocenters. The van der Waals surface area contributed by atoms with Gasteiger partial charge in [0.1, 0.15) is 11.5 Å². The van der Waals surface area contributed by atoms with Gasteiger partial charge in [-0.05, 0) is 35.8 Å². The van der Waals surface area contributed by atoms with Gasteiger partial charge in [0.25, 0.3) is 0 Å². The lowest BCUT2D eigenvalue weighted by atomic mass is 9.84. The fourth-order valence-electron chi connectivity index (χ4n) is 3.45. The van der Waals surface area contributed by atoms with Gasteiger partial charge in [-0.3, -0.25) is 0 Å². The maximum absolute atomic E-state index is 10.7. The van der Waals surface area contributed by atoms with Gasteiger partial charge in [0.15, 0.2) is 0 Å². The van der Waals surface area contributed by atoms with E-state index in [0.29, 0.717) is 24.6 Å².